The first-order chi connectivity index (χ1) is 13.3. The van der Waals surface area contributed by atoms with Crippen molar-refractivity contribution >= 4 is 6.09 Å². The number of primary amides is 1. The van der Waals surface area contributed by atoms with E-state index in [1.165, 1.54) is 12.1 Å². The van der Waals surface area contributed by atoms with E-state index < -0.39 is 11.5 Å². The van der Waals surface area contributed by atoms with Crippen molar-refractivity contribution in [3.05, 3.63) is 47.8 Å². The molecule has 1 unspecified atom stereocenters. The van der Waals surface area contributed by atoms with Crippen LogP contribution in [0.15, 0.2) is 36.4 Å². The van der Waals surface area contributed by atoms with Gasteiger partial charge in [0, 0.05) is 42.0 Å². The molecule has 28 heavy (non-hydrogen) atoms. The molecule has 2 aromatic rings. The summed E-state index contributed by atoms with van der Waals surface area (Å²) in [6.07, 6.45) is -0.634. The van der Waals surface area contributed by atoms with Gasteiger partial charge in [-0.3, -0.25) is 0 Å². The Morgan fingerprint density at radius 2 is 1.93 bits per heavy atom. The second-order valence-corrected chi connectivity index (χ2v) is 8.15. The molecule has 1 aromatic carbocycles. The van der Waals surface area contributed by atoms with Gasteiger partial charge in [-0.2, -0.15) is 0 Å². The molecule has 1 aliphatic heterocycles. The summed E-state index contributed by atoms with van der Waals surface area (Å²) in [5, 5.41) is 3.35. The molecular formula is C21H24FN3O3. The Kier molecular flexibility index (Phi) is 4.71. The number of rotatable bonds is 6. The van der Waals surface area contributed by atoms with Gasteiger partial charge in [0.2, 0.25) is 5.88 Å². The summed E-state index contributed by atoms with van der Waals surface area (Å²) in [6, 6.07) is 9.99. The van der Waals surface area contributed by atoms with Gasteiger partial charge in [0.25, 0.3) is 0 Å². The van der Waals surface area contributed by atoms with Gasteiger partial charge >= 0.3 is 6.09 Å². The van der Waals surface area contributed by atoms with Gasteiger partial charge in [-0.1, -0.05) is 13.8 Å². The molecule has 3 N–H and O–H groups in total. The Hall–Kier alpha value is -2.67. The van der Waals surface area contributed by atoms with E-state index in [2.05, 4.69) is 10.3 Å². The van der Waals surface area contributed by atoms with Crippen molar-refractivity contribution in [1.82, 2.24) is 10.3 Å². The molecule has 0 radical (unpaired) electrons. The number of halogens is 1. The summed E-state index contributed by atoms with van der Waals surface area (Å²) in [6.45, 7) is 5.99. The van der Waals surface area contributed by atoms with E-state index in [9.17, 15) is 9.18 Å². The van der Waals surface area contributed by atoms with Crippen LogP contribution in [0.25, 0.3) is 11.3 Å². The minimum absolute atomic E-state index is 0.132. The van der Waals surface area contributed by atoms with Crippen molar-refractivity contribution in [3.8, 4) is 17.1 Å². The minimum Gasteiger partial charge on any atom is -0.474 e. The van der Waals surface area contributed by atoms with Crippen molar-refractivity contribution < 1.29 is 18.7 Å². The van der Waals surface area contributed by atoms with Crippen LogP contribution in [0.2, 0.25) is 0 Å². The maximum Gasteiger partial charge on any atom is 0.404 e. The molecule has 1 saturated carbocycles. The first-order valence-corrected chi connectivity index (χ1v) is 9.41. The lowest BCUT2D eigenvalue weighted by molar-refractivity contribution is 0.132. The number of pyridine rings is 1. The molecule has 1 aromatic heterocycles. The van der Waals surface area contributed by atoms with Crippen LogP contribution in [0, 0.1) is 17.7 Å². The second kappa shape index (κ2) is 7.05. The molecule has 1 amide bonds. The molecule has 4 rings (SSSR count). The molecule has 2 fully saturated rings. The molecule has 1 aliphatic carbocycles. The maximum absolute atomic E-state index is 13.3. The number of fused-ring (bicyclic) bond motifs is 1. The lowest BCUT2D eigenvalue weighted by Gasteiger charge is -2.25. The zero-order valence-electron chi connectivity index (χ0n) is 15.9. The zero-order chi connectivity index (χ0) is 19.9. The number of hydrogen-bond acceptors (Lipinski definition) is 5. The molecule has 3 atom stereocenters. The van der Waals surface area contributed by atoms with Gasteiger partial charge in [-0.25, -0.2) is 14.2 Å². The number of piperidine rings is 1. The maximum atomic E-state index is 13.3. The van der Waals surface area contributed by atoms with Gasteiger partial charge < -0.3 is 20.5 Å². The molecule has 1 saturated heterocycles. The Balaban J connectivity index is 1.66. The Morgan fingerprint density at radius 3 is 2.57 bits per heavy atom. The normalized spacial score (nSPS) is 23.2. The van der Waals surface area contributed by atoms with Crippen molar-refractivity contribution in [2.45, 2.75) is 25.4 Å². The van der Waals surface area contributed by atoms with Crippen LogP contribution in [-0.4, -0.2) is 36.9 Å². The molecule has 2 aliphatic rings. The highest BCUT2D eigenvalue weighted by Crippen LogP contribution is 2.44. The van der Waals surface area contributed by atoms with Crippen LogP contribution in [0.1, 0.15) is 19.4 Å². The SMILES string of the molecule is CC(C)(COC(N)=O)c1cc(OC2[C@H]3CNC[C@@H]23)nc(-c2ccc(F)cc2)c1. The summed E-state index contributed by atoms with van der Waals surface area (Å²) in [4.78, 5) is 15.7. The van der Waals surface area contributed by atoms with E-state index in [1.54, 1.807) is 12.1 Å². The monoisotopic (exact) mass is 385 g/mol. The Bertz CT molecular complexity index is 875. The summed E-state index contributed by atoms with van der Waals surface area (Å²) in [5.74, 6) is 1.30. The molecular weight excluding hydrogens is 361 g/mol. The summed E-state index contributed by atoms with van der Waals surface area (Å²) in [7, 11) is 0. The first kappa shape index (κ1) is 18.7. The van der Waals surface area contributed by atoms with Crippen LogP contribution in [0.3, 0.4) is 0 Å². The molecule has 7 heteroatoms. The van der Waals surface area contributed by atoms with Crippen LogP contribution < -0.4 is 15.8 Å². The smallest absolute Gasteiger partial charge is 0.404 e. The van der Waals surface area contributed by atoms with Gasteiger partial charge in [0.15, 0.2) is 0 Å². The number of nitrogens with two attached hydrogens (primary N) is 1. The van der Waals surface area contributed by atoms with Gasteiger partial charge in [0.1, 0.15) is 18.5 Å². The summed E-state index contributed by atoms with van der Waals surface area (Å²) >= 11 is 0. The van der Waals surface area contributed by atoms with Gasteiger partial charge in [-0.15, -0.1) is 0 Å². The first-order valence-electron chi connectivity index (χ1n) is 9.41. The Morgan fingerprint density at radius 1 is 1.25 bits per heavy atom. The second-order valence-electron chi connectivity index (χ2n) is 8.15. The summed E-state index contributed by atoms with van der Waals surface area (Å²) in [5.41, 5.74) is 7.01. The lowest BCUT2D eigenvalue weighted by Crippen LogP contribution is -2.28. The summed E-state index contributed by atoms with van der Waals surface area (Å²) < 4.78 is 24.5. The molecule has 6 nitrogen and oxygen atoms in total. The Labute approximate surface area is 163 Å². The minimum atomic E-state index is -0.810. The third-order valence-corrected chi connectivity index (χ3v) is 5.57. The highest BCUT2D eigenvalue weighted by molar-refractivity contribution is 5.65. The standard InChI is InChI=1S/C21H24FN3O3/c1-21(2,11-27-20(23)26)13-7-17(12-3-5-14(22)6-4-12)25-18(8-13)28-19-15-9-24-10-16(15)19/h3-8,15-16,19,24H,9-11H2,1-2H3,(H2,23,26)/t15-,16+,19?. The third-order valence-electron chi connectivity index (χ3n) is 5.57. The van der Waals surface area contributed by atoms with Crippen LogP contribution >= 0.6 is 0 Å². The fourth-order valence-electron chi connectivity index (χ4n) is 3.74. The van der Waals surface area contributed by atoms with Crippen LogP contribution in [0.5, 0.6) is 5.88 Å². The van der Waals surface area contributed by atoms with E-state index in [0.717, 1.165) is 24.2 Å². The van der Waals surface area contributed by atoms with Crippen molar-refractivity contribution in [3.63, 3.8) is 0 Å². The van der Waals surface area contributed by atoms with Crippen LogP contribution in [-0.2, 0) is 10.2 Å². The number of carbonyl (C=O) groups is 1. The number of hydrogen-bond donors (Lipinski definition) is 2. The number of amides is 1. The number of aromatic nitrogens is 1. The number of benzene rings is 1. The van der Waals surface area contributed by atoms with Crippen LogP contribution in [0.4, 0.5) is 9.18 Å². The predicted molar refractivity (Wildman–Crippen MR) is 102 cm³/mol. The van der Waals surface area contributed by atoms with Crippen molar-refractivity contribution in [2.24, 2.45) is 17.6 Å². The van der Waals surface area contributed by atoms with Crippen molar-refractivity contribution in [1.29, 1.82) is 0 Å². The van der Waals surface area contributed by atoms with E-state index in [1.807, 2.05) is 26.0 Å². The third kappa shape index (κ3) is 3.80. The molecule has 2 heterocycles. The number of nitrogens with one attached hydrogen (secondary N) is 1. The van der Waals surface area contributed by atoms with Crippen molar-refractivity contribution in [2.75, 3.05) is 19.7 Å². The fourth-order valence-corrected chi connectivity index (χ4v) is 3.74. The lowest BCUT2D eigenvalue weighted by atomic mass is 9.85. The van der Waals surface area contributed by atoms with Gasteiger partial charge in [0.05, 0.1) is 5.69 Å². The van der Waals surface area contributed by atoms with Gasteiger partial charge in [-0.05, 0) is 35.9 Å². The highest BCUT2D eigenvalue weighted by atomic mass is 19.1. The van der Waals surface area contributed by atoms with E-state index in [0.29, 0.717) is 23.4 Å². The zero-order valence-corrected chi connectivity index (χ0v) is 15.9. The largest absolute Gasteiger partial charge is 0.474 e. The molecule has 148 valence electrons. The predicted octanol–water partition coefficient (Wildman–Crippen LogP) is 2.86. The molecule has 0 spiro atoms. The average molecular weight is 385 g/mol. The quantitative estimate of drug-likeness (QED) is 0.799. The fraction of sp³-hybridized carbons (Fsp3) is 0.429. The topological polar surface area (TPSA) is 86.5 Å². The van der Waals surface area contributed by atoms with E-state index in [-0.39, 0.29) is 18.5 Å². The highest BCUT2D eigenvalue weighted by Gasteiger charge is 2.55. The average Bonchev–Trinajstić information content (AvgIpc) is 3.08. The number of carbonyl (C=O) groups excluding carboxylic acids is 1. The van der Waals surface area contributed by atoms with E-state index >= 15 is 0 Å². The number of ether oxygens (including phenoxy) is 2. The van der Waals surface area contributed by atoms with E-state index in [4.69, 9.17) is 15.2 Å². The number of nitrogens with zero attached hydrogens (tertiary/aromatic N) is 1. The molecule has 0 bridgehead atoms.